The van der Waals surface area contributed by atoms with Crippen molar-refractivity contribution < 1.29 is 5.11 Å². The third-order valence-corrected chi connectivity index (χ3v) is 3.12. The Balaban J connectivity index is 2.30. The first kappa shape index (κ1) is 9.69. The monoisotopic (exact) mass is 191 g/mol. The zero-order chi connectivity index (χ0) is 9.97. The number of aliphatic hydroxyl groups excluding tert-OH is 1. The van der Waals surface area contributed by atoms with Crippen LogP contribution >= 0.6 is 0 Å². The molecular formula is C12H17NO. The number of nitrogens with two attached hydrogens (primary N) is 1. The van der Waals surface area contributed by atoms with Crippen molar-refractivity contribution in [3.63, 3.8) is 0 Å². The SMILES string of the molecule is NCC(O)C1CCCc2ccccc21. The fourth-order valence-electron chi connectivity index (χ4n) is 2.36. The molecule has 0 heterocycles. The van der Waals surface area contributed by atoms with Crippen LogP contribution in [0.4, 0.5) is 0 Å². The molecule has 76 valence electrons. The molecule has 1 aromatic carbocycles. The molecule has 0 aliphatic heterocycles. The lowest BCUT2D eigenvalue weighted by atomic mass is 9.80. The van der Waals surface area contributed by atoms with E-state index in [0.717, 1.165) is 12.8 Å². The molecule has 2 nitrogen and oxygen atoms in total. The second-order valence-corrected chi connectivity index (χ2v) is 4.00. The van der Waals surface area contributed by atoms with Crippen LogP contribution in [0.2, 0.25) is 0 Å². The van der Waals surface area contributed by atoms with Gasteiger partial charge in [0, 0.05) is 12.5 Å². The summed E-state index contributed by atoms with van der Waals surface area (Å²) in [6.45, 7) is 0.360. The summed E-state index contributed by atoms with van der Waals surface area (Å²) in [5.41, 5.74) is 8.20. The van der Waals surface area contributed by atoms with Gasteiger partial charge in [-0.2, -0.15) is 0 Å². The first-order chi connectivity index (χ1) is 6.83. The predicted octanol–water partition coefficient (Wildman–Crippen LogP) is 1.43. The molecule has 2 rings (SSSR count). The van der Waals surface area contributed by atoms with Crippen molar-refractivity contribution in [3.8, 4) is 0 Å². The number of aryl methyl sites for hydroxylation is 1. The first-order valence-electron chi connectivity index (χ1n) is 5.29. The highest BCUT2D eigenvalue weighted by molar-refractivity contribution is 5.33. The Kier molecular flexibility index (Phi) is 2.85. The summed E-state index contributed by atoms with van der Waals surface area (Å²) in [5.74, 6) is 0.255. The summed E-state index contributed by atoms with van der Waals surface area (Å²) < 4.78 is 0. The second kappa shape index (κ2) is 4.11. The molecule has 14 heavy (non-hydrogen) atoms. The van der Waals surface area contributed by atoms with Gasteiger partial charge < -0.3 is 10.8 Å². The maximum atomic E-state index is 9.80. The molecule has 0 saturated heterocycles. The molecule has 0 saturated carbocycles. The van der Waals surface area contributed by atoms with Gasteiger partial charge in [0.1, 0.15) is 0 Å². The molecular weight excluding hydrogens is 174 g/mol. The van der Waals surface area contributed by atoms with Crippen molar-refractivity contribution in [2.24, 2.45) is 5.73 Å². The standard InChI is InChI=1S/C12H17NO/c13-8-12(14)11-7-3-5-9-4-1-2-6-10(9)11/h1-2,4,6,11-12,14H,3,5,7-8,13H2. The van der Waals surface area contributed by atoms with Crippen LogP contribution in [-0.4, -0.2) is 17.8 Å². The first-order valence-corrected chi connectivity index (χ1v) is 5.29. The highest BCUT2D eigenvalue weighted by Crippen LogP contribution is 2.33. The third-order valence-electron chi connectivity index (χ3n) is 3.12. The topological polar surface area (TPSA) is 46.2 Å². The van der Waals surface area contributed by atoms with Crippen LogP contribution in [-0.2, 0) is 6.42 Å². The quantitative estimate of drug-likeness (QED) is 0.742. The van der Waals surface area contributed by atoms with Gasteiger partial charge in [-0.05, 0) is 30.4 Å². The van der Waals surface area contributed by atoms with Crippen LogP contribution in [0.25, 0.3) is 0 Å². The van der Waals surface area contributed by atoms with Crippen molar-refractivity contribution in [3.05, 3.63) is 35.4 Å². The lowest BCUT2D eigenvalue weighted by Gasteiger charge is -2.28. The highest BCUT2D eigenvalue weighted by Gasteiger charge is 2.24. The average molecular weight is 191 g/mol. The average Bonchev–Trinajstić information content (AvgIpc) is 2.27. The number of hydrogen-bond donors (Lipinski definition) is 2. The fraction of sp³-hybridized carbons (Fsp3) is 0.500. The molecule has 0 spiro atoms. The highest BCUT2D eigenvalue weighted by atomic mass is 16.3. The Morgan fingerprint density at radius 2 is 2.21 bits per heavy atom. The van der Waals surface area contributed by atoms with E-state index in [0.29, 0.717) is 6.54 Å². The van der Waals surface area contributed by atoms with E-state index < -0.39 is 0 Å². The van der Waals surface area contributed by atoms with Gasteiger partial charge in [0.25, 0.3) is 0 Å². The Bertz CT molecular complexity index is 311. The summed E-state index contributed by atoms with van der Waals surface area (Å²) in [7, 11) is 0. The third kappa shape index (κ3) is 1.68. The van der Waals surface area contributed by atoms with Gasteiger partial charge in [-0.25, -0.2) is 0 Å². The summed E-state index contributed by atoms with van der Waals surface area (Å²) in [4.78, 5) is 0. The number of benzene rings is 1. The van der Waals surface area contributed by atoms with E-state index >= 15 is 0 Å². The molecule has 3 N–H and O–H groups in total. The van der Waals surface area contributed by atoms with E-state index in [2.05, 4.69) is 18.2 Å². The Labute approximate surface area is 84.7 Å². The Morgan fingerprint density at radius 1 is 1.43 bits per heavy atom. The number of aliphatic hydroxyl groups is 1. The number of hydrogen-bond acceptors (Lipinski definition) is 2. The molecule has 2 unspecified atom stereocenters. The zero-order valence-corrected chi connectivity index (χ0v) is 8.32. The van der Waals surface area contributed by atoms with E-state index in [-0.39, 0.29) is 12.0 Å². The number of rotatable bonds is 2. The zero-order valence-electron chi connectivity index (χ0n) is 8.32. The van der Waals surface area contributed by atoms with E-state index in [1.54, 1.807) is 0 Å². The van der Waals surface area contributed by atoms with E-state index in [1.807, 2.05) is 6.07 Å². The number of fused-ring (bicyclic) bond motifs is 1. The van der Waals surface area contributed by atoms with Gasteiger partial charge in [0.2, 0.25) is 0 Å². The van der Waals surface area contributed by atoms with Gasteiger partial charge in [-0.1, -0.05) is 24.3 Å². The van der Waals surface area contributed by atoms with Crippen molar-refractivity contribution >= 4 is 0 Å². The minimum absolute atomic E-state index is 0.255. The lowest BCUT2D eigenvalue weighted by molar-refractivity contribution is 0.142. The van der Waals surface area contributed by atoms with Crippen LogP contribution in [0.3, 0.4) is 0 Å². The fourth-order valence-corrected chi connectivity index (χ4v) is 2.36. The molecule has 0 bridgehead atoms. The molecule has 2 atom stereocenters. The van der Waals surface area contributed by atoms with Crippen LogP contribution in [0.1, 0.15) is 29.9 Å². The van der Waals surface area contributed by atoms with Crippen molar-refractivity contribution in [2.75, 3.05) is 6.54 Å². The Morgan fingerprint density at radius 3 is 3.00 bits per heavy atom. The van der Waals surface area contributed by atoms with Crippen molar-refractivity contribution in [1.29, 1.82) is 0 Å². The molecule has 0 fully saturated rings. The van der Waals surface area contributed by atoms with Crippen molar-refractivity contribution in [1.82, 2.24) is 0 Å². The normalized spacial score (nSPS) is 22.9. The summed E-state index contributed by atoms with van der Waals surface area (Å²) in [6.07, 6.45) is 2.99. The largest absolute Gasteiger partial charge is 0.391 e. The molecule has 1 aromatic rings. The van der Waals surface area contributed by atoms with E-state index in [4.69, 9.17) is 5.73 Å². The van der Waals surface area contributed by atoms with Crippen LogP contribution in [0.5, 0.6) is 0 Å². The van der Waals surface area contributed by atoms with Gasteiger partial charge in [-0.3, -0.25) is 0 Å². The molecule has 0 radical (unpaired) electrons. The van der Waals surface area contributed by atoms with Crippen LogP contribution in [0, 0.1) is 0 Å². The molecule has 2 heteroatoms. The Hall–Kier alpha value is -0.860. The van der Waals surface area contributed by atoms with E-state index in [1.165, 1.54) is 17.5 Å². The van der Waals surface area contributed by atoms with Gasteiger partial charge >= 0.3 is 0 Å². The maximum Gasteiger partial charge on any atom is 0.0730 e. The molecule has 0 amide bonds. The maximum absolute atomic E-state index is 9.80. The predicted molar refractivity (Wildman–Crippen MR) is 57.2 cm³/mol. The molecule has 1 aliphatic carbocycles. The second-order valence-electron chi connectivity index (χ2n) is 4.00. The van der Waals surface area contributed by atoms with Crippen LogP contribution in [0.15, 0.2) is 24.3 Å². The van der Waals surface area contributed by atoms with Crippen molar-refractivity contribution in [2.45, 2.75) is 31.3 Å². The summed E-state index contributed by atoms with van der Waals surface area (Å²) in [5, 5.41) is 9.80. The lowest BCUT2D eigenvalue weighted by Crippen LogP contribution is -2.29. The smallest absolute Gasteiger partial charge is 0.0730 e. The van der Waals surface area contributed by atoms with Gasteiger partial charge in [0.15, 0.2) is 0 Å². The van der Waals surface area contributed by atoms with Gasteiger partial charge in [-0.15, -0.1) is 0 Å². The van der Waals surface area contributed by atoms with E-state index in [9.17, 15) is 5.11 Å². The minimum Gasteiger partial charge on any atom is -0.391 e. The minimum atomic E-state index is -0.378. The summed E-state index contributed by atoms with van der Waals surface area (Å²) in [6, 6.07) is 8.39. The molecule has 0 aromatic heterocycles. The molecule has 1 aliphatic rings. The summed E-state index contributed by atoms with van der Waals surface area (Å²) >= 11 is 0. The van der Waals surface area contributed by atoms with Crippen LogP contribution < -0.4 is 5.73 Å². The van der Waals surface area contributed by atoms with Gasteiger partial charge in [0.05, 0.1) is 6.10 Å².